The lowest BCUT2D eigenvalue weighted by Gasteiger charge is -2.19. The van der Waals surface area contributed by atoms with Gasteiger partial charge in [0.25, 0.3) is 0 Å². The molecule has 1 amide bonds. The molecule has 0 radical (unpaired) electrons. The third kappa shape index (κ3) is 2.44. The SMILES string of the molecule is NCCCc1cc(Br)c2c(c1)CCC(=O)N2. The molecule has 0 fully saturated rings. The number of halogens is 1. The van der Waals surface area contributed by atoms with Crippen LogP contribution in [0.3, 0.4) is 0 Å². The number of fused-ring (bicyclic) bond motifs is 1. The van der Waals surface area contributed by atoms with Gasteiger partial charge < -0.3 is 11.1 Å². The first-order chi connectivity index (χ1) is 7.70. The molecule has 3 nitrogen and oxygen atoms in total. The number of carbonyl (C=O) groups is 1. The van der Waals surface area contributed by atoms with E-state index < -0.39 is 0 Å². The number of carbonyl (C=O) groups excluding carboxylic acids is 1. The van der Waals surface area contributed by atoms with Crippen LogP contribution in [0, 0.1) is 0 Å². The van der Waals surface area contributed by atoms with Gasteiger partial charge in [0, 0.05) is 10.9 Å². The first-order valence-corrected chi connectivity index (χ1v) is 6.31. The van der Waals surface area contributed by atoms with E-state index in [4.69, 9.17) is 5.73 Å². The van der Waals surface area contributed by atoms with Crippen LogP contribution in [0.15, 0.2) is 16.6 Å². The van der Waals surface area contributed by atoms with Crippen molar-refractivity contribution < 1.29 is 4.79 Å². The Balaban J connectivity index is 2.27. The van der Waals surface area contributed by atoms with Crippen LogP contribution in [-0.2, 0) is 17.6 Å². The van der Waals surface area contributed by atoms with Gasteiger partial charge in [-0.1, -0.05) is 6.07 Å². The van der Waals surface area contributed by atoms with E-state index in [1.165, 1.54) is 11.1 Å². The molecule has 0 saturated heterocycles. The molecular formula is C12H15BrN2O. The zero-order valence-corrected chi connectivity index (χ0v) is 10.6. The highest BCUT2D eigenvalue weighted by Crippen LogP contribution is 2.32. The summed E-state index contributed by atoms with van der Waals surface area (Å²) in [6.45, 7) is 0.714. The molecule has 0 unspecified atom stereocenters. The number of amides is 1. The van der Waals surface area contributed by atoms with Gasteiger partial charge in [-0.3, -0.25) is 4.79 Å². The molecule has 0 atom stereocenters. The monoisotopic (exact) mass is 282 g/mol. The van der Waals surface area contributed by atoms with Gasteiger partial charge in [0.2, 0.25) is 5.91 Å². The highest BCUT2D eigenvalue weighted by molar-refractivity contribution is 9.10. The van der Waals surface area contributed by atoms with Crippen molar-refractivity contribution in [1.29, 1.82) is 0 Å². The minimum absolute atomic E-state index is 0.0999. The van der Waals surface area contributed by atoms with Crippen LogP contribution in [-0.4, -0.2) is 12.5 Å². The molecule has 0 bridgehead atoms. The third-order valence-corrected chi connectivity index (χ3v) is 3.41. The van der Waals surface area contributed by atoms with Gasteiger partial charge in [0.15, 0.2) is 0 Å². The Bertz CT molecular complexity index is 418. The number of anilines is 1. The van der Waals surface area contributed by atoms with E-state index in [2.05, 4.69) is 33.4 Å². The Morgan fingerprint density at radius 1 is 1.38 bits per heavy atom. The Hall–Kier alpha value is -0.870. The average Bonchev–Trinajstić information content (AvgIpc) is 2.27. The second-order valence-electron chi connectivity index (χ2n) is 4.05. The highest BCUT2D eigenvalue weighted by Gasteiger charge is 2.17. The summed E-state index contributed by atoms with van der Waals surface area (Å²) in [5.74, 6) is 0.0999. The molecule has 1 aliphatic heterocycles. The van der Waals surface area contributed by atoms with Crippen LogP contribution in [0.4, 0.5) is 5.69 Å². The van der Waals surface area contributed by atoms with E-state index in [1.807, 2.05) is 0 Å². The minimum Gasteiger partial charge on any atom is -0.330 e. The first-order valence-electron chi connectivity index (χ1n) is 5.52. The summed E-state index contributed by atoms with van der Waals surface area (Å²) in [6.07, 6.45) is 3.41. The Kier molecular flexibility index (Phi) is 3.61. The number of benzene rings is 1. The molecule has 0 aliphatic carbocycles. The maximum Gasteiger partial charge on any atom is 0.224 e. The second-order valence-corrected chi connectivity index (χ2v) is 4.91. The van der Waals surface area contributed by atoms with E-state index in [0.717, 1.165) is 29.4 Å². The summed E-state index contributed by atoms with van der Waals surface area (Å²) < 4.78 is 0.977. The standard InChI is InChI=1S/C12H15BrN2O/c13-10-7-8(2-1-5-14)6-9-3-4-11(16)15-12(9)10/h6-7H,1-5,14H2,(H,15,16). The lowest BCUT2D eigenvalue weighted by Crippen LogP contribution is -2.19. The second kappa shape index (κ2) is 4.97. The van der Waals surface area contributed by atoms with Crippen molar-refractivity contribution in [2.45, 2.75) is 25.7 Å². The van der Waals surface area contributed by atoms with Crippen LogP contribution in [0.1, 0.15) is 24.0 Å². The normalized spacial score (nSPS) is 14.5. The van der Waals surface area contributed by atoms with Gasteiger partial charge in [-0.25, -0.2) is 0 Å². The Morgan fingerprint density at radius 3 is 2.94 bits per heavy atom. The summed E-state index contributed by atoms with van der Waals surface area (Å²) in [6, 6.07) is 4.25. The number of hydrogen-bond donors (Lipinski definition) is 2. The molecule has 2 rings (SSSR count). The van der Waals surface area contributed by atoms with Crippen molar-refractivity contribution in [3.8, 4) is 0 Å². The molecule has 1 heterocycles. The third-order valence-electron chi connectivity index (χ3n) is 2.79. The lowest BCUT2D eigenvalue weighted by atomic mass is 9.98. The maximum absolute atomic E-state index is 11.3. The maximum atomic E-state index is 11.3. The Morgan fingerprint density at radius 2 is 2.19 bits per heavy atom. The molecule has 0 saturated carbocycles. The van der Waals surface area contributed by atoms with Crippen molar-refractivity contribution in [2.24, 2.45) is 5.73 Å². The molecule has 1 aliphatic rings. The lowest BCUT2D eigenvalue weighted by molar-refractivity contribution is -0.116. The minimum atomic E-state index is 0.0999. The van der Waals surface area contributed by atoms with Crippen LogP contribution in [0.2, 0.25) is 0 Å². The Labute approximate surface area is 104 Å². The van der Waals surface area contributed by atoms with Crippen LogP contribution in [0.25, 0.3) is 0 Å². The molecule has 0 aromatic heterocycles. The van der Waals surface area contributed by atoms with E-state index in [-0.39, 0.29) is 5.91 Å². The van der Waals surface area contributed by atoms with Gasteiger partial charge in [-0.2, -0.15) is 0 Å². The fraction of sp³-hybridized carbons (Fsp3) is 0.417. The summed E-state index contributed by atoms with van der Waals surface area (Å²) >= 11 is 3.51. The molecule has 1 aromatic rings. The largest absolute Gasteiger partial charge is 0.330 e. The van der Waals surface area contributed by atoms with Crippen molar-refractivity contribution in [1.82, 2.24) is 0 Å². The quantitative estimate of drug-likeness (QED) is 0.893. The van der Waals surface area contributed by atoms with Gasteiger partial charge in [-0.15, -0.1) is 0 Å². The summed E-state index contributed by atoms with van der Waals surface area (Å²) in [5, 5.41) is 2.90. The summed E-state index contributed by atoms with van der Waals surface area (Å²) in [5.41, 5.74) is 8.95. The van der Waals surface area contributed by atoms with E-state index in [0.29, 0.717) is 13.0 Å². The summed E-state index contributed by atoms with van der Waals surface area (Å²) in [4.78, 5) is 11.3. The number of hydrogen-bond acceptors (Lipinski definition) is 2. The van der Waals surface area contributed by atoms with Crippen LogP contribution >= 0.6 is 15.9 Å². The number of nitrogens with two attached hydrogens (primary N) is 1. The zero-order chi connectivity index (χ0) is 11.5. The van der Waals surface area contributed by atoms with Gasteiger partial charge in [0.1, 0.15) is 0 Å². The predicted molar refractivity (Wildman–Crippen MR) is 68.5 cm³/mol. The van der Waals surface area contributed by atoms with Gasteiger partial charge in [-0.05, 0) is 58.9 Å². The van der Waals surface area contributed by atoms with Gasteiger partial charge in [0.05, 0.1) is 5.69 Å². The molecular weight excluding hydrogens is 268 g/mol. The molecule has 0 spiro atoms. The zero-order valence-electron chi connectivity index (χ0n) is 9.05. The predicted octanol–water partition coefficient (Wildman–Crippen LogP) is 2.23. The number of rotatable bonds is 3. The smallest absolute Gasteiger partial charge is 0.224 e. The van der Waals surface area contributed by atoms with E-state index >= 15 is 0 Å². The number of nitrogens with one attached hydrogen (secondary N) is 1. The molecule has 4 heteroatoms. The summed E-state index contributed by atoms with van der Waals surface area (Å²) in [7, 11) is 0. The average molecular weight is 283 g/mol. The van der Waals surface area contributed by atoms with Crippen LogP contribution < -0.4 is 11.1 Å². The molecule has 1 aromatic carbocycles. The van der Waals surface area contributed by atoms with Crippen LogP contribution in [0.5, 0.6) is 0 Å². The molecule has 16 heavy (non-hydrogen) atoms. The first kappa shape index (κ1) is 11.6. The number of aryl methyl sites for hydroxylation is 2. The fourth-order valence-electron chi connectivity index (χ4n) is 1.96. The van der Waals surface area contributed by atoms with Gasteiger partial charge >= 0.3 is 0 Å². The fourth-order valence-corrected chi connectivity index (χ4v) is 2.61. The van der Waals surface area contributed by atoms with E-state index in [9.17, 15) is 4.79 Å². The molecule has 3 N–H and O–H groups in total. The van der Waals surface area contributed by atoms with Crippen molar-refractivity contribution in [2.75, 3.05) is 11.9 Å². The topological polar surface area (TPSA) is 55.1 Å². The molecule has 86 valence electrons. The van der Waals surface area contributed by atoms with Crippen molar-refractivity contribution in [3.63, 3.8) is 0 Å². The van der Waals surface area contributed by atoms with Crippen molar-refractivity contribution in [3.05, 3.63) is 27.7 Å². The highest BCUT2D eigenvalue weighted by atomic mass is 79.9. The van der Waals surface area contributed by atoms with E-state index in [1.54, 1.807) is 0 Å². The van der Waals surface area contributed by atoms with Crippen molar-refractivity contribution >= 4 is 27.5 Å².